The molecule has 2 unspecified atom stereocenters. The molecule has 0 aromatic rings. The Labute approximate surface area is 62.3 Å². The Kier molecular flexibility index (Phi) is 2.72. The highest BCUT2D eigenvalue weighted by Gasteiger charge is 2.19. The van der Waals surface area contributed by atoms with E-state index < -0.39 is 0 Å². The van der Waals surface area contributed by atoms with Gasteiger partial charge in [0.15, 0.2) is 0 Å². The summed E-state index contributed by atoms with van der Waals surface area (Å²) in [6, 6.07) is 0. The molecule has 0 bridgehead atoms. The number of hydrogen-bond acceptors (Lipinski definition) is 2. The molecule has 2 heteroatoms. The van der Waals surface area contributed by atoms with Crippen LogP contribution in [0.5, 0.6) is 0 Å². The molecule has 1 rings (SSSR count). The first-order valence-electron chi connectivity index (χ1n) is 3.89. The molecule has 1 fully saturated rings. The Balaban J connectivity index is 2.24. The van der Waals surface area contributed by atoms with E-state index >= 15 is 0 Å². The van der Waals surface area contributed by atoms with Gasteiger partial charge in [0.05, 0.1) is 0 Å². The second-order valence-corrected chi connectivity index (χ2v) is 3.12. The molecule has 0 radical (unpaired) electrons. The number of rotatable bonds is 2. The largest absolute Gasteiger partial charge is 0.399 e. The average Bonchev–Trinajstić information content (AvgIpc) is 2.31. The van der Waals surface area contributed by atoms with E-state index in [0.29, 0.717) is 5.92 Å². The zero-order chi connectivity index (χ0) is 7.40. The molecule has 1 saturated carbocycles. The standard InChI is InChI=1S/C8H15NO/c1-7-3-4-8(5-7)6-9-10-2/h6-8H,3-5H2,1-2H3/b9-6+. The summed E-state index contributed by atoms with van der Waals surface area (Å²) in [5, 5.41) is 3.76. The van der Waals surface area contributed by atoms with E-state index in [1.54, 1.807) is 7.11 Å². The van der Waals surface area contributed by atoms with Crippen molar-refractivity contribution in [1.82, 2.24) is 0 Å². The van der Waals surface area contributed by atoms with Gasteiger partial charge in [0, 0.05) is 6.21 Å². The minimum absolute atomic E-state index is 0.676. The van der Waals surface area contributed by atoms with Gasteiger partial charge in [0.1, 0.15) is 7.11 Å². The Hall–Kier alpha value is -0.530. The van der Waals surface area contributed by atoms with E-state index in [1.807, 2.05) is 6.21 Å². The number of nitrogens with zero attached hydrogens (tertiary/aromatic N) is 1. The van der Waals surface area contributed by atoms with Gasteiger partial charge in [-0.15, -0.1) is 0 Å². The molecule has 10 heavy (non-hydrogen) atoms. The monoisotopic (exact) mass is 141 g/mol. The molecule has 0 heterocycles. The SMILES string of the molecule is CO/N=C/C1CCC(C)C1. The van der Waals surface area contributed by atoms with Crippen LogP contribution in [0.15, 0.2) is 5.16 Å². The lowest BCUT2D eigenvalue weighted by atomic mass is 10.1. The van der Waals surface area contributed by atoms with Crippen LogP contribution >= 0.6 is 0 Å². The fourth-order valence-electron chi connectivity index (χ4n) is 1.53. The third-order valence-corrected chi connectivity index (χ3v) is 2.11. The maximum atomic E-state index is 4.61. The van der Waals surface area contributed by atoms with Crippen molar-refractivity contribution >= 4 is 6.21 Å². The van der Waals surface area contributed by atoms with Gasteiger partial charge >= 0.3 is 0 Å². The second-order valence-electron chi connectivity index (χ2n) is 3.12. The van der Waals surface area contributed by atoms with E-state index in [4.69, 9.17) is 0 Å². The van der Waals surface area contributed by atoms with Crippen molar-refractivity contribution < 1.29 is 4.84 Å². The van der Waals surface area contributed by atoms with Gasteiger partial charge in [0.25, 0.3) is 0 Å². The first kappa shape index (κ1) is 7.58. The molecule has 1 aliphatic carbocycles. The minimum atomic E-state index is 0.676. The van der Waals surface area contributed by atoms with Crippen LogP contribution in [0, 0.1) is 11.8 Å². The van der Waals surface area contributed by atoms with Crippen LogP contribution in [0.25, 0.3) is 0 Å². The Morgan fingerprint density at radius 1 is 1.50 bits per heavy atom. The topological polar surface area (TPSA) is 21.6 Å². The number of oxime groups is 1. The summed E-state index contributed by atoms with van der Waals surface area (Å²) in [4.78, 5) is 4.61. The molecule has 0 spiro atoms. The van der Waals surface area contributed by atoms with Crippen LogP contribution in [-0.4, -0.2) is 13.3 Å². The zero-order valence-corrected chi connectivity index (χ0v) is 6.71. The Morgan fingerprint density at radius 3 is 2.80 bits per heavy atom. The van der Waals surface area contributed by atoms with Gasteiger partial charge in [-0.05, 0) is 24.7 Å². The number of hydrogen-bond donors (Lipinski definition) is 0. The van der Waals surface area contributed by atoms with Crippen molar-refractivity contribution in [3.8, 4) is 0 Å². The summed E-state index contributed by atoms with van der Waals surface area (Å²) in [5.74, 6) is 1.56. The minimum Gasteiger partial charge on any atom is -0.399 e. The summed E-state index contributed by atoms with van der Waals surface area (Å²) in [6.45, 7) is 2.29. The maximum absolute atomic E-state index is 4.61. The molecule has 0 aliphatic heterocycles. The fourth-order valence-corrected chi connectivity index (χ4v) is 1.53. The summed E-state index contributed by atoms with van der Waals surface area (Å²) >= 11 is 0. The van der Waals surface area contributed by atoms with Gasteiger partial charge in [-0.25, -0.2) is 0 Å². The molecular weight excluding hydrogens is 126 g/mol. The molecule has 0 aromatic heterocycles. The highest BCUT2D eigenvalue weighted by Crippen LogP contribution is 2.28. The quantitative estimate of drug-likeness (QED) is 0.426. The first-order chi connectivity index (χ1) is 4.83. The molecule has 2 atom stereocenters. The molecule has 0 saturated heterocycles. The summed E-state index contributed by atoms with van der Waals surface area (Å²) in [6.07, 6.45) is 5.85. The molecule has 0 N–H and O–H groups in total. The molecule has 0 aromatic carbocycles. The highest BCUT2D eigenvalue weighted by atomic mass is 16.6. The van der Waals surface area contributed by atoms with Crippen LogP contribution in [0.3, 0.4) is 0 Å². The fraction of sp³-hybridized carbons (Fsp3) is 0.875. The van der Waals surface area contributed by atoms with Crippen molar-refractivity contribution in [2.45, 2.75) is 26.2 Å². The predicted octanol–water partition coefficient (Wildman–Crippen LogP) is 2.05. The van der Waals surface area contributed by atoms with Gasteiger partial charge in [-0.2, -0.15) is 0 Å². The lowest BCUT2D eigenvalue weighted by Crippen LogP contribution is -1.95. The predicted molar refractivity (Wildman–Crippen MR) is 42.0 cm³/mol. The van der Waals surface area contributed by atoms with Crippen molar-refractivity contribution in [2.75, 3.05) is 7.11 Å². The zero-order valence-electron chi connectivity index (χ0n) is 6.71. The van der Waals surface area contributed by atoms with Gasteiger partial charge in [-0.3, -0.25) is 0 Å². The van der Waals surface area contributed by atoms with Crippen molar-refractivity contribution in [2.24, 2.45) is 17.0 Å². The third kappa shape index (κ3) is 2.01. The summed E-state index contributed by atoms with van der Waals surface area (Å²) < 4.78 is 0. The van der Waals surface area contributed by atoms with Crippen molar-refractivity contribution in [3.63, 3.8) is 0 Å². The van der Waals surface area contributed by atoms with Crippen LogP contribution in [0.4, 0.5) is 0 Å². The van der Waals surface area contributed by atoms with E-state index in [-0.39, 0.29) is 0 Å². The van der Waals surface area contributed by atoms with Gasteiger partial charge in [0.2, 0.25) is 0 Å². The molecule has 0 amide bonds. The van der Waals surface area contributed by atoms with Crippen molar-refractivity contribution in [3.05, 3.63) is 0 Å². The Morgan fingerprint density at radius 2 is 2.30 bits per heavy atom. The smallest absolute Gasteiger partial charge is 0.106 e. The summed E-state index contributed by atoms with van der Waals surface area (Å²) in [7, 11) is 1.59. The van der Waals surface area contributed by atoms with E-state index in [2.05, 4.69) is 16.9 Å². The van der Waals surface area contributed by atoms with E-state index in [1.165, 1.54) is 19.3 Å². The first-order valence-corrected chi connectivity index (χ1v) is 3.89. The summed E-state index contributed by atoms with van der Waals surface area (Å²) in [5.41, 5.74) is 0. The molecule has 1 aliphatic rings. The normalized spacial score (nSPS) is 33.4. The van der Waals surface area contributed by atoms with Crippen LogP contribution in [-0.2, 0) is 4.84 Å². The Bertz CT molecular complexity index is 122. The highest BCUT2D eigenvalue weighted by molar-refractivity contribution is 5.60. The van der Waals surface area contributed by atoms with E-state index in [9.17, 15) is 0 Å². The van der Waals surface area contributed by atoms with Crippen LogP contribution in [0.2, 0.25) is 0 Å². The molecular formula is C8H15NO. The van der Waals surface area contributed by atoms with Crippen LogP contribution < -0.4 is 0 Å². The average molecular weight is 141 g/mol. The third-order valence-electron chi connectivity index (χ3n) is 2.11. The lowest BCUT2D eigenvalue weighted by molar-refractivity contribution is 0.213. The van der Waals surface area contributed by atoms with Crippen molar-refractivity contribution in [1.29, 1.82) is 0 Å². The lowest BCUT2D eigenvalue weighted by Gasteiger charge is -1.99. The van der Waals surface area contributed by atoms with E-state index in [0.717, 1.165) is 5.92 Å². The second kappa shape index (κ2) is 3.59. The van der Waals surface area contributed by atoms with Gasteiger partial charge in [-0.1, -0.05) is 18.5 Å². The molecule has 58 valence electrons. The molecule has 2 nitrogen and oxygen atoms in total. The van der Waals surface area contributed by atoms with Gasteiger partial charge < -0.3 is 4.84 Å². The van der Waals surface area contributed by atoms with Crippen LogP contribution in [0.1, 0.15) is 26.2 Å². The maximum Gasteiger partial charge on any atom is 0.106 e.